The average Bonchev–Trinajstić information content (AvgIpc) is 3.11. The van der Waals surface area contributed by atoms with Gasteiger partial charge in [-0.15, -0.1) is 24.0 Å². The summed E-state index contributed by atoms with van der Waals surface area (Å²) in [6.07, 6.45) is 3.95. The highest BCUT2D eigenvalue weighted by Crippen LogP contribution is 2.04. The highest BCUT2D eigenvalue weighted by atomic mass is 127. The molecule has 5 nitrogen and oxygen atoms in total. The zero-order valence-electron chi connectivity index (χ0n) is 14.8. The molecule has 136 valence electrons. The van der Waals surface area contributed by atoms with Gasteiger partial charge in [-0.3, -0.25) is 9.67 Å². The maximum absolute atomic E-state index is 4.43. The Morgan fingerprint density at radius 1 is 0.885 bits per heavy atom. The Kier molecular flexibility index (Phi) is 8.14. The molecule has 1 aromatic heterocycles. The van der Waals surface area contributed by atoms with Gasteiger partial charge in [-0.1, -0.05) is 60.7 Å². The summed E-state index contributed by atoms with van der Waals surface area (Å²) in [5.74, 6) is 0.777. The first-order valence-corrected chi connectivity index (χ1v) is 8.37. The number of nitrogens with zero attached hydrogens (tertiary/aromatic N) is 3. The first-order valence-electron chi connectivity index (χ1n) is 8.37. The van der Waals surface area contributed by atoms with E-state index in [-0.39, 0.29) is 24.0 Å². The third kappa shape index (κ3) is 6.18. The number of nitrogens with one attached hydrogen (secondary N) is 2. The Bertz CT molecular complexity index is 799. The molecule has 0 saturated heterocycles. The molecule has 2 N–H and O–H groups in total. The maximum Gasteiger partial charge on any atom is 0.191 e. The second-order valence-electron chi connectivity index (χ2n) is 5.80. The van der Waals surface area contributed by atoms with Crippen molar-refractivity contribution in [2.45, 2.75) is 19.6 Å². The quantitative estimate of drug-likeness (QED) is 0.336. The first-order chi connectivity index (χ1) is 12.3. The van der Waals surface area contributed by atoms with Gasteiger partial charge in [0.2, 0.25) is 0 Å². The molecule has 1 heterocycles. The van der Waals surface area contributed by atoms with E-state index in [0.717, 1.165) is 24.6 Å². The van der Waals surface area contributed by atoms with Gasteiger partial charge in [-0.25, -0.2) is 0 Å². The van der Waals surface area contributed by atoms with Crippen molar-refractivity contribution in [1.29, 1.82) is 0 Å². The summed E-state index contributed by atoms with van der Waals surface area (Å²) in [6.45, 7) is 2.21. The van der Waals surface area contributed by atoms with Crippen LogP contribution in [0, 0.1) is 0 Å². The Morgan fingerprint density at radius 3 is 2.08 bits per heavy atom. The first kappa shape index (κ1) is 20.0. The summed E-state index contributed by atoms with van der Waals surface area (Å²) in [7, 11) is 1.78. The number of hydrogen-bond acceptors (Lipinski definition) is 2. The Hall–Kier alpha value is -2.35. The van der Waals surface area contributed by atoms with Crippen molar-refractivity contribution in [2.24, 2.45) is 4.99 Å². The molecule has 0 aliphatic rings. The molecule has 3 aromatic rings. The zero-order chi connectivity index (χ0) is 17.3. The van der Waals surface area contributed by atoms with Crippen LogP contribution in [0.4, 0.5) is 0 Å². The number of halogens is 1. The standard InChI is InChI=1S/C20H23N5.HI/c1-21-20(22-12-17-8-4-2-5-9-17)23-13-19-14-24-25(16-19)15-18-10-6-3-7-11-18;/h2-11,14,16H,12-13,15H2,1H3,(H2,21,22,23);1H. The van der Waals surface area contributed by atoms with E-state index in [1.165, 1.54) is 11.1 Å². The monoisotopic (exact) mass is 461 g/mol. The fraction of sp³-hybridized carbons (Fsp3) is 0.200. The molecule has 26 heavy (non-hydrogen) atoms. The van der Waals surface area contributed by atoms with Crippen LogP contribution in [0.1, 0.15) is 16.7 Å². The molecule has 0 unspecified atom stereocenters. The van der Waals surface area contributed by atoms with Crippen LogP contribution in [-0.4, -0.2) is 22.8 Å². The van der Waals surface area contributed by atoms with Gasteiger partial charge in [-0.05, 0) is 11.1 Å². The van der Waals surface area contributed by atoms with Crippen LogP contribution in [0.2, 0.25) is 0 Å². The lowest BCUT2D eigenvalue weighted by Gasteiger charge is -2.11. The van der Waals surface area contributed by atoms with Crippen molar-refractivity contribution in [3.05, 3.63) is 89.7 Å². The van der Waals surface area contributed by atoms with E-state index in [1.807, 2.05) is 47.3 Å². The van der Waals surface area contributed by atoms with Crippen molar-refractivity contribution < 1.29 is 0 Å². The van der Waals surface area contributed by atoms with Gasteiger partial charge >= 0.3 is 0 Å². The van der Waals surface area contributed by atoms with Gasteiger partial charge in [0.05, 0.1) is 12.7 Å². The molecular formula is C20H24IN5. The number of aromatic nitrogens is 2. The molecule has 0 radical (unpaired) electrons. The van der Waals surface area contributed by atoms with E-state index in [0.29, 0.717) is 6.54 Å². The predicted molar refractivity (Wildman–Crippen MR) is 117 cm³/mol. The van der Waals surface area contributed by atoms with Crippen LogP contribution < -0.4 is 10.6 Å². The largest absolute Gasteiger partial charge is 0.352 e. The van der Waals surface area contributed by atoms with Crippen LogP contribution >= 0.6 is 24.0 Å². The Balaban J connectivity index is 0.00000243. The van der Waals surface area contributed by atoms with Crippen LogP contribution in [0.25, 0.3) is 0 Å². The van der Waals surface area contributed by atoms with Crippen molar-refractivity contribution in [2.75, 3.05) is 7.05 Å². The van der Waals surface area contributed by atoms with Gasteiger partial charge in [0, 0.05) is 31.9 Å². The summed E-state index contributed by atoms with van der Waals surface area (Å²) >= 11 is 0. The van der Waals surface area contributed by atoms with E-state index < -0.39 is 0 Å². The average molecular weight is 461 g/mol. The summed E-state index contributed by atoms with van der Waals surface area (Å²) in [5, 5.41) is 11.1. The number of aliphatic imine (C=N–C) groups is 1. The topological polar surface area (TPSA) is 54.2 Å². The second kappa shape index (κ2) is 10.6. The van der Waals surface area contributed by atoms with E-state index in [4.69, 9.17) is 0 Å². The van der Waals surface area contributed by atoms with E-state index in [9.17, 15) is 0 Å². The van der Waals surface area contributed by atoms with E-state index in [2.05, 4.69) is 51.2 Å². The van der Waals surface area contributed by atoms with Crippen molar-refractivity contribution in [1.82, 2.24) is 20.4 Å². The molecule has 3 rings (SSSR count). The van der Waals surface area contributed by atoms with Crippen molar-refractivity contribution in [3.63, 3.8) is 0 Å². The van der Waals surface area contributed by atoms with Gasteiger partial charge in [0.25, 0.3) is 0 Å². The van der Waals surface area contributed by atoms with Crippen molar-refractivity contribution >= 4 is 29.9 Å². The van der Waals surface area contributed by atoms with Crippen LogP contribution in [0.3, 0.4) is 0 Å². The Labute approximate surface area is 171 Å². The molecule has 0 aliphatic carbocycles. The van der Waals surface area contributed by atoms with E-state index >= 15 is 0 Å². The molecule has 0 fully saturated rings. The normalized spacial score (nSPS) is 10.9. The molecule has 0 bridgehead atoms. The number of rotatable bonds is 6. The lowest BCUT2D eigenvalue weighted by Crippen LogP contribution is -2.36. The fourth-order valence-corrected chi connectivity index (χ4v) is 2.54. The van der Waals surface area contributed by atoms with Gasteiger partial charge in [-0.2, -0.15) is 5.10 Å². The number of guanidine groups is 1. The minimum absolute atomic E-state index is 0. The number of benzene rings is 2. The van der Waals surface area contributed by atoms with Crippen LogP contribution in [0.15, 0.2) is 78.0 Å². The molecule has 0 saturated carbocycles. The summed E-state index contributed by atoms with van der Waals surface area (Å²) in [6, 6.07) is 20.6. The molecule has 0 spiro atoms. The second-order valence-corrected chi connectivity index (χ2v) is 5.80. The third-order valence-corrected chi connectivity index (χ3v) is 3.86. The smallest absolute Gasteiger partial charge is 0.191 e. The highest BCUT2D eigenvalue weighted by molar-refractivity contribution is 14.0. The van der Waals surface area contributed by atoms with Crippen molar-refractivity contribution in [3.8, 4) is 0 Å². The summed E-state index contributed by atoms with van der Waals surface area (Å²) in [5.41, 5.74) is 3.59. The third-order valence-electron chi connectivity index (χ3n) is 3.86. The molecular weight excluding hydrogens is 437 g/mol. The van der Waals surface area contributed by atoms with E-state index in [1.54, 1.807) is 7.05 Å². The predicted octanol–water partition coefficient (Wildman–Crippen LogP) is 3.41. The molecule has 6 heteroatoms. The molecule has 0 atom stereocenters. The molecule has 0 amide bonds. The fourth-order valence-electron chi connectivity index (χ4n) is 2.54. The Morgan fingerprint density at radius 2 is 1.46 bits per heavy atom. The summed E-state index contributed by atoms with van der Waals surface area (Å²) in [4.78, 5) is 4.26. The van der Waals surface area contributed by atoms with Crippen LogP contribution in [0.5, 0.6) is 0 Å². The van der Waals surface area contributed by atoms with Gasteiger partial charge in [0.1, 0.15) is 0 Å². The summed E-state index contributed by atoms with van der Waals surface area (Å²) < 4.78 is 1.95. The molecule has 2 aromatic carbocycles. The number of hydrogen-bond donors (Lipinski definition) is 2. The van der Waals surface area contributed by atoms with Gasteiger partial charge < -0.3 is 10.6 Å². The molecule has 0 aliphatic heterocycles. The van der Waals surface area contributed by atoms with Gasteiger partial charge in [0.15, 0.2) is 5.96 Å². The minimum Gasteiger partial charge on any atom is -0.352 e. The SMILES string of the molecule is CN=C(NCc1ccccc1)NCc1cnn(Cc2ccccc2)c1.I. The lowest BCUT2D eigenvalue weighted by atomic mass is 10.2. The van der Waals surface area contributed by atoms with Crippen LogP contribution in [-0.2, 0) is 19.6 Å². The maximum atomic E-state index is 4.43. The minimum atomic E-state index is 0. The zero-order valence-corrected chi connectivity index (χ0v) is 17.1. The lowest BCUT2D eigenvalue weighted by molar-refractivity contribution is 0.685. The highest BCUT2D eigenvalue weighted by Gasteiger charge is 2.02.